The van der Waals surface area contributed by atoms with Crippen LogP contribution in [0.15, 0.2) is 42.1 Å². The Bertz CT molecular complexity index is 477. The number of carbonyl (C=O) groups is 1. The van der Waals surface area contributed by atoms with Crippen LogP contribution in [-0.4, -0.2) is 23.9 Å². The lowest BCUT2D eigenvalue weighted by atomic mass is 9.99. The molecular formula is C15H18N3O. The third kappa shape index (κ3) is 2.63. The van der Waals surface area contributed by atoms with Gasteiger partial charge in [-0.05, 0) is 24.8 Å². The molecule has 4 nitrogen and oxygen atoms in total. The molecule has 1 amide bonds. The average Bonchev–Trinajstić information content (AvgIpc) is 2.49. The van der Waals surface area contributed by atoms with Crippen molar-refractivity contribution in [1.82, 2.24) is 15.8 Å². The monoisotopic (exact) mass is 256 g/mol. The zero-order chi connectivity index (χ0) is 13.1. The highest BCUT2D eigenvalue weighted by molar-refractivity contribution is 5.88. The van der Waals surface area contributed by atoms with Crippen LogP contribution in [0.1, 0.15) is 30.9 Å². The number of benzene rings is 1. The number of carbonyl (C=O) groups excluding carboxylic acids is 1. The Morgan fingerprint density at radius 2 is 1.84 bits per heavy atom. The third-order valence-corrected chi connectivity index (χ3v) is 3.73. The molecule has 0 aliphatic carbocycles. The summed E-state index contributed by atoms with van der Waals surface area (Å²) < 4.78 is 0. The molecule has 1 unspecified atom stereocenters. The second-order valence-electron chi connectivity index (χ2n) is 5.04. The van der Waals surface area contributed by atoms with Crippen LogP contribution >= 0.6 is 0 Å². The van der Waals surface area contributed by atoms with Crippen molar-refractivity contribution in [1.29, 1.82) is 0 Å². The van der Waals surface area contributed by atoms with Gasteiger partial charge in [0.1, 0.15) is 0 Å². The standard InChI is InChI=1S/C15H18N3O/c19-14-11-13(18-9-5-2-6-10-18)15(17-16-14)12-7-3-1-4-8-12/h1,3-4,7-8,11,15,17H,2,5-6,9-10H2. The van der Waals surface area contributed by atoms with Gasteiger partial charge in [-0.2, -0.15) is 10.9 Å². The van der Waals surface area contributed by atoms with Crippen molar-refractivity contribution in [2.45, 2.75) is 25.3 Å². The summed E-state index contributed by atoms with van der Waals surface area (Å²) in [6, 6.07) is 10.2. The Morgan fingerprint density at radius 3 is 2.58 bits per heavy atom. The summed E-state index contributed by atoms with van der Waals surface area (Å²) >= 11 is 0. The minimum absolute atomic E-state index is 0.00278. The minimum atomic E-state index is -0.187. The molecule has 1 fully saturated rings. The number of nitrogens with one attached hydrogen (secondary N) is 1. The van der Waals surface area contributed by atoms with E-state index in [0.29, 0.717) is 0 Å². The van der Waals surface area contributed by atoms with E-state index in [1.165, 1.54) is 19.3 Å². The molecule has 0 saturated carbocycles. The molecule has 0 bridgehead atoms. The fraction of sp³-hybridized carbons (Fsp3) is 0.400. The van der Waals surface area contributed by atoms with E-state index in [4.69, 9.17) is 0 Å². The topological polar surface area (TPSA) is 46.4 Å². The molecule has 1 N–H and O–H groups in total. The van der Waals surface area contributed by atoms with Gasteiger partial charge in [0.25, 0.3) is 5.91 Å². The van der Waals surface area contributed by atoms with Crippen LogP contribution in [0, 0.1) is 0 Å². The van der Waals surface area contributed by atoms with Crippen LogP contribution in [0.25, 0.3) is 0 Å². The van der Waals surface area contributed by atoms with E-state index in [1.54, 1.807) is 6.08 Å². The van der Waals surface area contributed by atoms with Gasteiger partial charge in [-0.1, -0.05) is 30.3 Å². The first kappa shape index (κ1) is 12.2. The molecule has 1 saturated heterocycles. The molecule has 4 heteroatoms. The first-order chi connectivity index (χ1) is 9.34. The quantitative estimate of drug-likeness (QED) is 0.877. The van der Waals surface area contributed by atoms with Crippen molar-refractivity contribution in [2.24, 2.45) is 0 Å². The highest BCUT2D eigenvalue weighted by atomic mass is 16.2. The maximum atomic E-state index is 11.6. The Kier molecular flexibility index (Phi) is 3.51. The van der Waals surface area contributed by atoms with Gasteiger partial charge in [0, 0.05) is 24.9 Å². The molecule has 1 radical (unpaired) electrons. The van der Waals surface area contributed by atoms with Crippen molar-refractivity contribution in [2.75, 3.05) is 13.1 Å². The van der Waals surface area contributed by atoms with E-state index in [0.717, 1.165) is 24.4 Å². The number of piperidine rings is 1. The summed E-state index contributed by atoms with van der Waals surface area (Å²) in [5.41, 5.74) is 9.05. The molecule has 0 aromatic heterocycles. The zero-order valence-corrected chi connectivity index (χ0v) is 10.9. The number of hydrogen-bond donors (Lipinski definition) is 1. The fourth-order valence-electron chi connectivity index (χ4n) is 2.75. The van der Waals surface area contributed by atoms with E-state index < -0.39 is 0 Å². The number of nitrogens with zero attached hydrogens (tertiary/aromatic N) is 2. The molecule has 1 aromatic rings. The highest BCUT2D eigenvalue weighted by Gasteiger charge is 2.28. The Morgan fingerprint density at radius 1 is 1.11 bits per heavy atom. The molecule has 19 heavy (non-hydrogen) atoms. The first-order valence-electron chi connectivity index (χ1n) is 6.86. The maximum absolute atomic E-state index is 11.6. The van der Waals surface area contributed by atoms with Gasteiger partial charge >= 0.3 is 0 Å². The summed E-state index contributed by atoms with van der Waals surface area (Å²) in [6.07, 6.45) is 5.36. The fourth-order valence-corrected chi connectivity index (χ4v) is 2.75. The van der Waals surface area contributed by atoms with Crippen LogP contribution in [0.5, 0.6) is 0 Å². The number of likely N-dealkylation sites (tertiary alicyclic amines) is 1. The SMILES string of the molecule is O=C1C=C(N2CCCCC2)C(c2ccccc2)N[N]1. The molecule has 2 aliphatic heterocycles. The number of hydrogen-bond acceptors (Lipinski definition) is 3. The van der Waals surface area contributed by atoms with E-state index in [9.17, 15) is 4.79 Å². The lowest BCUT2D eigenvalue weighted by Gasteiger charge is -2.36. The van der Waals surface area contributed by atoms with Gasteiger partial charge in [0.15, 0.2) is 0 Å². The van der Waals surface area contributed by atoms with Crippen LogP contribution < -0.4 is 10.9 Å². The average molecular weight is 256 g/mol. The van der Waals surface area contributed by atoms with Crippen molar-refractivity contribution >= 4 is 5.91 Å². The lowest BCUT2D eigenvalue weighted by Crippen LogP contribution is -2.44. The van der Waals surface area contributed by atoms with Gasteiger partial charge in [-0.15, -0.1) is 0 Å². The van der Waals surface area contributed by atoms with E-state index in [-0.39, 0.29) is 11.9 Å². The second-order valence-corrected chi connectivity index (χ2v) is 5.04. The lowest BCUT2D eigenvalue weighted by molar-refractivity contribution is -0.118. The van der Waals surface area contributed by atoms with Gasteiger partial charge < -0.3 is 4.90 Å². The molecular weight excluding hydrogens is 238 g/mol. The van der Waals surface area contributed by atoms with E-state index in [2.05, 4.69) is 27.9 Å². The first-order valence-corrected chi connectivity index (χ1v) is 6.86. The molecule has 3 rings (SSSR count). The Balaban J connectivity index is 1.89. The van der Waals surface area contributed by atoms with Crippen molar-refractivity contribution in [3.8, 4) is 0 Å². The molecule has 2 heterocycles. The summed E-state index contributed by atoms with van der Waals surface area (Å²) in [5.74, 6) is -0.187. The Hall–Kier alpha value is -1.81. The molecule has 2 aliphatic rings. The molecule has 99 valence electrons. The van der Waals surface area contributed by atoms with Gasteiger partial charge in [0.2, 0.25) is 0 Å². The van der Waals surface area contributed by atoms with Crippen LogP contribution in [0.3, 0.4) is 0 Å². The smallest absolute Gasteiger partial charge is 0.283 e. The minimum Gasteiger partial charge on any atom is -0.373 e. The largest absolute Gasteiger partial charge is 0.373 e. The van der Waals surface area contributed by atoms with Crippen molar-refractivity contribution in [3.63, 3.8) is 0 Å². The zero-order valence-electron chi connectivity index (χ0n) is 10.9. The molecule has 1 atom stereocenters. The van der Waals surface area contributed by atoms with Gasteiger partial charge in [-0.25, -0.2) is 0 Å². The Labute approximate surface area is 113 Å². The summed E-state index contributed by atoms with van der Waals surface area (Å²) in [6.45, 7) is 2.06. The van der Waals surface area contributed by atoms with Crippen LogP contribution in [0.4, 0.5) is 0 Å². The summed E-state index contributed by atoms with van der Waals surface area (Å²) in [7, 11) is 0. The molecule has 1 aromatic carbocycles. The van der Waals surface area contributed by atoms with Crippen LogP contribution in [0.2, 0.25) is 0 Å². The van der Waals surface area contributed by atoms with Gasteiger partial charge in [0.05, 0.1) is 6.04 Å². The van der Waals surface area contributed by atoms with E-state index >= 15 is 0 Å². The van der Waals surface area contributed by atoms with Crippen molar-refractivity contribution < 1.29 is 4.79 Å². The highest BCUT2D eigenvalue weighted by Crippen LogP contribution is 2.28. The summed E-state index contributed by atoms with van der Waals surface area (Å²) in [5, 5.41) is 0. The predicted octanol–water partition coefficient (Wildman–Crippen LogP) is 1.75. The summed E-state index contributed by atoms with van der Waals surface area (Å²) in [4.78, 5) is 13.9. The number of rotatable bonds is 2. The predicted molar refractivity (Wildman–Crippen MR) is 73.0 cm³/mol. The second kappa shape index (κ2) is 5.45. The van der Waals surface area contributed by atoms with E-state index in [1.807, 2.05) is 18.2 Å². The van der Waals surface area contributed by atoms with Crippen molar-refractivity contribution in [3.05, 3.63) is 47.7 Å². The maximum Gasteiger partial charge on any atom is 0.283 e. The normalized spacial score (nSPS) is 23.8. The third-order valence-electron chi connectivity index (χ3n) is 3.73. The van der Waals surface area contributed by atoms with Gasteiger partial charge in [-0.3, -0.25) is 4.79 Å². The number of amides is 1. The molecule has 0 spiro atoms. The van der Waals surface area contributed by atoms with Crippen LogP contribution in [-0.2, 0) is 4.79 Å².